The number of hydrogen-bond acceptors (Lipinski definition) is 2. The molecule has 1 aromatic rings. The van der Waals surface area contributed by atoms with Gasteiger partial charge < -0.3 is 10.1 Å². The van der Waals surface area contributed by atoms with E-state index in [2.05, 4.69) is 12.2 Å². The molecular weight excluding hydrogens is 229 g/mol. The van der Waals surface area contributed by atoms with Gasteiger partial charge >= 0.3 is 0 Å². The van der Waals surface area contributed by atoms with E-state index in [0.29, 0.717) is 5.41 Å². The summed E-state index contributed by atoms with van der Waals surface area (Å²) in [4.78, 5) is 0. The van der Waals surface area contributed by atoms with E-state index >= 15 is 0 Å². The summed E-state index contributed by atoms with van der Waals surface area (Å²) < 4.78 is 19.1. The summed E-state index contributed by atoms with van der Waals surface area (Å²) in [6.45, 7) is 4.44. The first kappa shape index (κ1) is 12.0. The molecule has 1 aromatic carbocycles. The van der Waals surface area contributed by atoms with Crippen molar-refractivity contribution >= 4 is 0 Å². The van der Waals surface area contributed by atoms with Crippen LogP contribution in [0.3, 0.4) is 0 Å². The number of halogens is 1. The van der Waals surface area contributed by atoms with Gasteiger partial charge in [-0.25, -0.2) is 4.39 Å². The number of benzene rings is 1. The fourth-order valence-electron chi connectivity index (χ4n) is 3.32. The number of nitrogens with one attached hydrogen (secondary N) is 1. The second-order valence-electron chi connectivity index (χ2n) is 5.75. The normalized spacial score (nSPS) is 24.2. The van der Waals surface area contributed by atoms with E-state index in [4.69, 9.17) is 4.74 Å². The molecule has 2 heterocycles. The second kappa shape index (κ2) is 4.54. The van der Waals surface area contributed by atoms with Crippen LogP contribution < -0.4 is 10.1 Å². The van der Waals surface area contributed by atoms with Crippen molar-refractivity contribution in [1.29, 1.82) is 0 Å². The Hall–Kier alpha value is -1.09. The van der Waals surface area contributed by atoms with Gasteiger partial charge in [0, 0.05) is 25.1 Å². The van der Waals surface area contributed by atoms with Crippen molar-refractivity contribution in [2.75, 3.05) is 13.1 Å². The zero-order valence-electron chi connectivity index (χ0n) is 10.8. The maximum atomic E-state index is 13.2. The summed E-state index contributed by atoms with van der Waals surface area (Å²) in [5, 5.41) is 3.38. The van der Waals surface area contributed by atoms with Crippen LogP contribution in [0.25, 0.3) is 0 Å². The van der Waals surface area contributed by atoms with Crippen LogP contribution in [0.15, 0.2) is 18.2 Å². The molecule has 98 valence electrons. The second-order valence-corrected chi connectivity index (χ2v) is 5.75. The highest BCUT2D eigenvalue weighted by Gasteiger charge is 2.40. The molecule has 0 aliphatic carbocycles. The quantitative estimate of drug-likeness (QED) is 0.886. The standard InChI is InChI=1S/C15H20FNO/c1-2-5-15(9-17-10-15)8-13-7-11-6-12(16)3-4-14(11)18-13/h3-4,6,13,17H,2,5,7-10H2,1H3. The monoisotopic (exact) mass is 249 g/mol. The zero-order chi connectivity index (χ0) is 12.6. The minimum atomic E-state index is -0.161. The first-order valence-corrected chi connectivity index (χ1v) is 6.87. The van der Waals surface area contributed by atoms with Crippen molar-refractivity contribution in [3.8, 4) is 5.75 Å². The van der Waals surface area contributed by atoms with Crippen LogP contribution >= 0.6 is 0 Å². The fourth-order valence-corrected chi connectivity index (χ4v) is 3.32. The Morgan fingerprint density at radius 2 is 2.28 bits per heavy atom. The van der Waals surface area contributed by atoms with Crippen molar-refractivity contribution < 1.29 is 9.13 Å². The fraction of sp³-hybridized carbons (Fsp3) is 0.600. The molecule has 2 aliphatic heterocycles. The van der Waals surface area contributed by atoms with Gasteiger partial charge in [0.1, 0.15) is 17.7 Å². The first-order chi connectivity index (χ1) is 8.71. The lowest BCUT2D eigenvalue weighted by Gasteiger charge is -2.44. The van der Waals surface area contributed by atoms with E-state index in [1.807, 2.05) is 0 Å². The number of ether oxygens (including phenoxy) is 1. The molecule has 2 nitrogen and oxygen atoms in total. The van der Waals surface area contributed by atoms with E-state index in [-0.39, 0.29) is 11.9 Å². The van der Waals surface area contributed by atoms with E-state index in [1.54, 1.807) is 12.1 Å². The Labute approximate surface area is 108 Å². The van der Waals surface area contributed by atoms with Gasteiger partial charge in [0.2, 0.25) is 0 Å². The summed E-state index contributed by atoms with van der Waals surface area (Å²) in [5.74, 6) is 0.715. The third-order valence-corrected chi connectivity index (χ3v) is 4.20. The Morgan fingerprint density at radius 1 is 1.44 bits per heavy atom. The van der Waals surface area contributed by atoms with Gasteiger partial charge in [0.25, 0.3) is 0 Å². The Kier molecular flexibility index (Phi) is 3.02. The molecule has 1 unspecified atom stereocenters. The number of rotatable bonds is 4. The summed E-state index contributed by atoms with van der Waals surface area (Å²) in [6, 6.07) is 4.85. The van der Waals surface area contributed by atoms with Crippen LogP contribution in [0.5, 0.6) is 5.75 Å². The van der Waals surface area contributed by atoms with Gasteiger partial charge in [-0.05, 0) is 36.5 Å². The molecule has 1 N–H and O–H groups in total. The average Bonchev–Trinajstić information content (AvgIpc) is 2.67. The Morgan fingerprint density at radius 3 is 2.94 bits per heavy atom. The molecule has 3 rings (SSSR count). The third-order valence-electron chi connectivity index (χ3n) is 4.20. The van der Waals surface area contributed by atoms with Crippen LogP contribution in [0.4, 0.5) is 4.39 Å². The summed E-state index contributed by atoms with van der Waals surface area (Å²) in [7, 11) is 0. The van der Waals surface area contributed by atoms with Gasteiger partial charge in [-0.1, -0.05) is 13.3 Å². The Bertz CT molecular complexity index is 442. The molecular formula is C15H20FNO. The maximum absolute atomic E-state index is 13.2. The molecule has 1 atom stereocenters. The highest BCUT2D eigenvalue weighted by molar-refractivity contribution is 5.38. The minimum Gasteiger partial charge on any atom is -0.490 e. The predicted octanol–water partition coefficient (Wildman–Crippen LogP) is 2.91. The van der Waals surface area contributed by atoms with E-state index in [1.165, 1.54) is 18.9 Å². The van der Waals surface area contributed by atoms with Crippen LogP contribution in [-0.4, -0.2) is 19.2 Å². The van der Waals surface area contributed by atoms with Gasteiger partial charge in [0.05, 0.1) is 0 Å². The van der Waals surface area contributed by atoms with E-state index in [0.717, 1.165) is 37.2 Å². The molecule has 0 aromatic heterocycles. The molecule has 1 fully saturated rings. The van der Waals surface area contributed by atoms with Gasteiger partial charge in [-0.15, -0.1) is 0 Å². The van der Waals surface area contributed by atoms with Crippen molar-refractivity contribution in [1.82, 2.24) is 5.32 Å². The topological polar surface area (TPSA) is 21.3 Å². The molecule has 0 radical (unpaired) electrons. The average molecular weight is 249 g/mol. The smallest absolute Gasteiger partial charge is 0.123 e. The SMILES string of the molecule is CCCC1(CC2Cc3cc(F)ccc3O2)CNC1. The lowest BCUT2D eigenvalue weighted by molar-refractivity contribution is 0.0744. The zero-order valence-corrected chi connectivity index (χ0v) is 10.8. The highest BCUT2D eigenvalue weighted by Crippen LogP contribution is 2.39. The highest BCUT2D eigenvalue weighted by atomic mass is 19.1. The van der Waals surface area contributed by atoms with Crippen molar-refractivity contribution in [3.05, 3.63) is 29.6 Å². The lowest BCUT2D eigenvalue weighted by atomic mass is 9.73. The van der Waals surface area contributed by atoms with Crippen LogP contribution in [0.1, 0.15) is 31.7 Å². The largest absolute Gasteiger partial charge is 0.490 e. The summed E-state index contributed by atoms with van der Waals surface area (Å²) in [6.07, 6.45) is 4.65. The van der Waals surface area contributed by atoms with Crippen LogP contribution in [0.2, 0.25) is 0 Å². The molecule has 18 heavy (non-hydrogen) atoms. The lowest BCUT2D eigenvalue weighted by Crippen LogP contribution is -2.55. The van der Waals surface area contributed by atoms with Gasteiger partial charge in [-0.2, -0.15) is 0 Å². The van der Waals surface area contributed by atoms with E-state index < -0.39 is 0 Å². The maximum Gasteiger partial charge on any atom is 0.123 e. The van der Waals surface area contributed by atoms with Crippen LogP contribution in [0, 0.1) is 11.2 Å². The molecule has 2 aliphatic rings. The van der Waals surface area contributed by atoms with Crippen molar-refractivity contribution in [3.63, 3.8) is 0 Å². The molecule has 0 spiro atoms. The van der Waals surface area contributed by atoms with Crippen molar-refractivity contribution in [2.45, 2.75) is 38.7 Å². The molecule has 1 saturated heterocycles. The molecule has 3 heteroatoms. The summed E-state index contributed by atoms with van der Waals surface area (Å²) >= 11 is 0. The molecule has 0 bridgehead atoms. The molecule has 0 saturated carbocycles. The molecule has 0 amide bonds. The van der Waals surface area contributed by atoms with Gasteiger partial charge in [-0.3, -0.25) is 0 Å². The van der Waals surface area contributed by atoms with E-state index in [9.17, 15) is 4.39 Å². The third kappa shape index (κ3) is 2.12. The van der Waals surface area contributed by atoms with Gasteiger partial charge in [0.15, 0.2) is 0 Å². The predicted molar refractivity (Wildman–Crippen MR) is 69.3 cm³/mol. The Balaban J connectivity index is 1.67. The van der Waals surface area contributed by atoms with Crippen LogP contribution in [-0.2, 0) is 6.42 Å². The first-order valence-electron chi connectivity index (χ1n) is 6.87. The van der Waals surface area contributed by atoms with Crippen molar-refractivity contribution in [2.24, 2.45) is 5.41 Å². The number of hydrogen-bond donors (Lipinski definition) is 1. The minimum absolute atomic E-state index is 0.161. The summed E-state index contributed by atoms with van der Waals surface area (Å²) in [5.41, 5.74) is 1.44. The number of fused-ring (bicyclic) bond motifs is 1.